The summed E-state index contributed by atoms with van der Waals surface area (Å²) in [7, 11) is 0. The zero-order chi connectivity index (χ0) is 33.6. The molecule has 0 bridgehead atoms. The van der Waals surface area contributed by atoms with Gasteiger partial charge in [0.25, 0.3) is 0 Å². The van der Waals surface area contributed by atoms with Crippen molar-refractivity contribution in [3.8, 4) is 28.0 Å². The van der Waals surface area contributed by atoms with Gasteiger partial charge in [0, 0.05) is 28.1 Å². The highest BCUT2D eigenvalue weighted by Crippen LogP contribution is 2.41. The third-order valence-electron chi connectivity index (χ3n) is 9.17. The second-order valence-corrected chi connectivity index (χ2v) is 12.4. The van der Waals surface area contributed by atoms with E-state index < -0.39 is 0 Å². The van der Waals surface area contributed by atoms with Crippen molar-refractivity contribution in [1.29, 1.82) is 0 Å². The first-order valence-electron chi connectivity index (χ1n) is 16.8. The lowest BCUT2D eigenvalue weighted by atomic mass is 9.90. The molecule has 5 aromatic rings. The maximum atomic E-state index is 6.99. The topological polar surface area (TPSA) is 47.3 Å². The molecule has 0 aromatic heterocycles. The number of hydrogen-bond donors (Lipinski definition) is 2. The summed E-state index contributed by atoms with van der Waals surface area (Å²) in [6, 6.07) is 42.0. The number of anilines is 1. The second kappa shape index (κ2) is 14.4. The van der Waals surface area contributed by atoms with E-state index in [9.17, 15) is 0 Å². The van der Waals surface area contributed by atoms with E-state index in [-0.39, 0.29) is 6.04 Å². The first kappa shape index (κ1) is 31.5. The Morgan fingerprint density at radius 2 is 1.53 bits per heavy atom. The third kappa shape index (κ3) is 6.70. The van der Waals surface area contributed by atoms with Gasteiger partial charge in [0.2, 0.25) is 0 Å². The first-order valence-corrected chi connectivity index (χ1v) is 16.8. The second-order valence-electron chi connectivity index (χ2n) is 12.4. The number of hydrogen-bond acceptors (Lipinski definition) is 3. The SMILES string of the molecule is C=CC(/C=C1\COc2cccc(/C(N)=C/C(=C3/C=CC=CC3)c3ccccc3)c21)Nc1ccccc1-c1c(C)cccc1-c1ccccc1. The van der Waals surface area contributed by atoms with Crippen LogP contribution in [-0.2, 0) is 0 Å². The van der Waals surface area contributed by atoms with Gasteiger partial charge in [0.15, 0.2) is 0 Å². The van der Waals surface area contributed by atoms with Gasteiger partial charge in [-0.05, 0) is 76.1 Å². The number of rotatable bonds is 9. The van der Waals surface area contributed by atoms with Gasteiger partial charge in [-0.25, -0.2) is 0 Å². The zero-order valence-electron chi connectivity index (χ0n) is 27.8. The lowest BCUT2D eigenvalue weighted by Gasteiger charge is -2.20. The summed E-state index contributed by atoms with van der Waals surface area (Å²) < 4.78 is 6.23. The van der Waals surface area contributed by atoms with Crippen LogP contribution in [0.1, 0.15) is 28.7 Å². The molecule has 0 saturated carbocycles. The summed E-state index contributed by atoms with van der Waals surface area (Å²) >= 11 is 0. The van der Waals surface area contributed by atoms with Crippen molar-refractivity contribution in [1.82, 2.24) is 0 Å². The molecule has 2 aliphatic rings. The summed E-state index contributed by atoms with van der Waals surface area (Å²) in [4.78, 5) is 0. The molecule has 1 atom stereocenters. The van der Waals surface area contributed by atoms with Gasteiger partial charge in [-0.3, -0.25) is 0 Å². The fourth-order valence-electron chi connectivity index (χ4n) is 6.78. The molecule has 1 aliphatic heterocycles. The van der Waals surface area contributed by atoms with E-state index in [4.69, 9.17) is 10.5 Å². The summed E-state index contributed by atoms with van der Waals surface area (Å²) in [6.45, 7) is 6.86. The highest BCUT2D eigenvalue weighted by Gasteiger charge is 2.24. The largest absolute Gasteiger partial charge is 0.488 e. The molecule has 5 aromatic carbocycles. The summed E-state index contributed by atoms with van der Waals surface area (Å²) in [5.41, 5.74) is 21.3. The van der Waals surface area contributed by atoms with Gasteiger partial charge in [-0.1, -0.05) is 146 Å². The van der Waals surface area contributed by atoms with Crippen molar-refractivity contribution >= 4 is 22.5 Å². The van der Waals surface area contributed by atoms with Gasteiger partial charge in [0.05, 0.1) is 6.04 Å². The Kier molecular flexibility index (Phi) is 9.25. The minimum atomic E-state index is -0.158. The van der Waals surface area contributed by atoms with Crippen molar-refractivity contribution in [2.24, 2.45) is 5.73 Å². The quantitative estimate of drug-likeness (QED) is 0.158. The monoisotopic (exact) mass is 636 g/mol. The molecule has 7 rings (SSSR count). The van der Waals surface area contributed by atoms with E-state index in [1.54, 1.807) is 0 Å². The van der Waals surface area contributed by atoms with E-state index in [1.165, 1.54) is 27.8 Å². The molecule has 3 N–H and O–H groups in total. The van der Waals surface area contributed by atoms with Gasteiger partial charge in [-0.15, -0.1) is 6.58 Å². The van der Waals surface area contributed by atoms with Crippen LogP contribution in [0.4, 0.5) is 5.69 Å². The van der Waals surface area contributed by atoms with E-state index in [0.29, 0.717) is 12.3 Å². The standard InChI is InChI=1S/C46H40N2O/c1-3-37(48-43-27-14-13-24-40(43)45-32(2)17-15-25-38(45)33-18-7-4-8-19-33)29-36-31-49-44-28-16-26-39(46(36)44)42(47)30-41(34-20-9-5-10-21-34)35-22-11-6-12-23-35/h3-22,24-30,37,48H,1,23,31,47H2,2H3/b36-29+,41-35+,42-30-. The molecule has 0 fully saturated rings. The minimum Gasteiger partial charge on any atom is -0.488 e. The van der Waals surface area contributed by atoms with Crippen molar-refractivity contribution in [2.75, 3.05) is 11.9 Å². The molecule has 49 heavy (non-hydrogen) atoms. The average Bonchev–Trinajstić information content (AvgIpc) is 3.57. The number of benzene rings is 5. The molecule has 3 heteroatoms. The average molecular weight is 637 g/mol. The highest BCUT2D eigenvalue weighted by atomic mass is 16.5. The maximum absolute atomic E-state index is 6.99. The lowest BCUT2D eigenvalue weighted by molar-refractivity contribution is 0.388. The van der Waals surface area contributed by atoms with Crippen LogP contribution in [0.15, 0.2) is 176 Å². The third-order valence-corrected chi connectivity index (χ3v) is 9.17. The summed E-state index contributed by atoms with van der Waals surface area (Å²) in [5.74, 6) is 0.838. The first-order chi connectivity index (χ1) is 24.1. The number of para-hydroxylation sites is 1. The van der Waals surface area contributed by atoms with Crippen molar-refractivity contribution in [3.05, 3.63) is 198 Å². The molecule has 0 amide bonds. The van der Waals surface area contributed by atoms with Gasteiger partial charge in [0.1, 0.15) is 12.4 Å². The van der Waals surface area contributed by atoms with Gasteiger partial charge in [-0.2, -0.15) is 0 Å². The molecule has 0 spiro atoms. The number of nitrogens with one attached hydrogen (secondary N) is 1. The molecule has 0 saturated heterocycles. The molecule has 240 valence electrons. The zero-order valence-corrected chi connectivity index (χ0v) is 27.8. The number of nitrogens with two attached hydrogens (primary N) is 1. The van der Waals surface area contributed by atoms with Crippen LogP contribution in [-0.4, -0.2) is 12.6 Å². The Bertz CT molecular complexity index is 2150. The van der Waals surface area contributed by atoms with Gasteiger partial charge >= 0.3 is 0 Å². The molecule has 1 aliphatic carbocycles. The smallest absolute Gasteiger partial charge is 0.128 e. The van der Waals surface area contributed by atoms with Crippen LogP contribution in [0.5, 0.6) is 5.75 Å². The van der Waals surface area contributed by atoms with Crippen LogP contribution in [0.2, 0.25) is 0 Å². The normalized spacial score (nSPS) is 16.2. The van der Waals surface area contributed by atoms with Crippen LogP contribution in [0.3, 0.4) is 0 Å². The number of ether oxygens (including phenoxy) is 1. The molecule has 0 radical (unpaired) electrons. The number of aryl methyl sites for hydroxylation is 1. The van der Waals surface area contributed by atoms with Crippen molar-refractivity contribution in [2.45, 2.75) is 19.4 Å². The predicted octanol–water partition coefficient (Wildman–Crippen LogP) is 11.0. The van der Waals surface area contributed by atoms with Crippen molar-refractivity contribution in [3.63, 3.8) is 0 Å². The van der Waals surface area contributed by atoms with E-state index in [1.807, 2.05) is 24.3 Å². The summed E-state index contributed by atoms with van der Waals surface area (Å²) in [6.07, 6.45) is 15.7. The maximum Gasteiger partial charge on any atom is 0.128 e. The van der Waals surface area contributed by atoms with E-state index in [2.05, 4.69) is 158 Å². The van der Waals surface area contributed by atoms with E-state index in [0.717, 1.165) is 51.3 Å². The fraction of sp³-hybridized carbons (Fsp3) is 0.0870. The lowest BCUT2D eigenvalue weighted by Crippen LogP contribution is -2.15. The number of fused-ring (bicyclic) bond motifs is 1. The Hall–Kier alpha value is -6.06. The van der Waals surface area contributed by atoms with Crippen LogP contribution >= 0.6 is 0 Å². The Morgan fingerprint density at radius 3 is 2.31 bits per heavy atom. The Morgan fingerprint density at radius 1 is 0.796 bits per heavy atom. The van der Waals surface area contributed by atoms with Crippen LogP contribution in [0, 0.1) is 6.92 Å². The minimum absolute atomic E-state index is 0.158. The summed E-state index contributed by atoms with van der Waals surface area (Å²) in [5, 5.41) is 3.79. The molecule has 1 heterocycles. The van der Waals surface area contributed by atoms with Crippen LogP contribution < -0.4 is 15.8 Å². The Balaban J connectivity index is 1.25. The van der Waals surface area contributed by atoms with Gasteiger partial charge < -0.3 is 15.8 Å². The molecule has 3 nitrogen and oxygen atoms in total. The fourth-order valence-corrected chi connectivity index (χ4v) is 6.78. The number of allylic oxidation sites excluding steroid dienone is 7. The van der Waals surface area contributed by atoms with E-state index >= 15 is 0 Å². The molecule has 1 unspecified atom stereocenters. The predicted molar refractivity (Wildman–Crippen MR) is 208 cm³/mol. The van der Waals surface area contributed by atoms with Crippen molar-refractivity contribution < 1.29 is 4.74 Å². The molecular formula is C46H40N2O. The highest BCUT2D eigenvalue weighted by molar-refractivity contribution is 5.93. The Labute approximate surface area is 289 Å². The molecular weight excluding hydrogens is 597 g/mol. The van der Waals surface area contributed by atoms with Crippen LogP contribution in [0.25, 0.3) is 39.1 Å².